The highest BCUT2D eigenvalue weighted by Crippen LogP contribution is 2.15. The van der Waals surface area contributed by atoms with Gasteiger partial charge in [0.05, 0.1) is 6.61 Å². The second kappa shape index (κ2) is 54.4. The van der Waals surface area contributed by atoms with Crippen LogP contribution in [-0.2, 0) is 23.8 Å². The molecule has 1 atom stereocenters. The lowest BCUT2D eigenvalue weighted by Crippen LogP contribution is -2.30. The second-order valence-electron chi connectivity index (χ2n) is 17.7. The SMILES string of the molecule is CC/C=C\C/C=C\C/C=C\C/C=C\CCCCCCCCC(=O)OCC(COCCCCCCCCCCCCCC)OC(=O)CCCCCCCCC/C=C\C/C=C\C/C=C\CC. The minimum Gasteiger partial charge on any atom is -0.462 e. The summed E-state index contributed by atoms with van der Waals surface area (Å²) < 4.78 is 17.4. The number of carbonyl (C=O) groups excluding carboxylic acids is 2. The zero-order valence-electron chi connectivity index (χ0n) is 42.3. The van der Waals surface area contributed by atoms with Gasteiger partial charge in [-0.1, -0.05) is 234 Å². The fourth-order valence-corrected chi connectivity index (χ4v) is 7.46. The van der Waals surface area contributed by atoms with Crippen LogP contribution in [0.5, 0.6) is 0 Å². The van der Waals surface area contributed by atoms with Crippen LogP contribution in [0.3, 0.4) is 0 Å². The van der Waals surface area contributed by atoms with Crippen molar-refractivity contribution in [1.82, 2.24) is 0 Å². The molecular weight excluding hydrogens is 789 g/mol. The van der Waals surface area contributed by atoms with Gasteiger partial charge in [-0.05, 0) is 89.9 Å². The Morgan fingerprint density at radius 3 is 1.12 bits per heavy atom. The third-order valence-electron chi connectivity index (χ3n) is 11.4. The first-order valence-electron chi connectivity index (χ1n) is 27.1. The van der Waals surface area contributed by atoms with Crippen molar-refractivity contribution in [2.45, 2.75) is 258 Å². The van der Waals surface area contributed by atoms with E-state index in [4.69, 9.17) is 14.2 Å². The quantitative estimate of drug-likeness (QED) is 0.0346. The second-order valence-corrected chi connectivity index (χ2v) is 17.7. The molecule has 5 heteroatoms. The maximum atomic E-state index is 12.8. The van der Waals surface area contributed by atoms with E-state index in [2.05, 4.69) is 106 Å². The number of rotatable bonds is 49. The Labute approximate surface area is 397 Å². The average Bonchev–Trinajstić information content (AvgIpc) is 3.30. The zero-order valence-corrected chi connectivity index (χ0v) is 42.3. The van der Waals surface area contributed by atoms with Gasteiger partial charge in [0.15, 0.2) is 6.10 Å². The topological polar surface area (TPSA) is 61.8 Å². The van der Waals surface area contributed by atoms with Gasteiger partial charge in [-0.2, -0.15) is 0 Å². The summed E-state index contributed by atoms with van der Waals surface area (Å²) in [6.45, 7) is 7.60. The van der Waals surface area contributed by atoms with Crippen LogP contribution in [-0.4, -0.2) is 37.9 Å². The fourth-order valence-electron chi connectivity index (χ4n) is 7.46. The first-order chi connectivity index (χ1) is 31.6. The summed E-state index contributed by atoms with van der Waals surface area (Å²) in [6.07, 6.45) is 71.6. The van der Waals surface area contributed by atoms with Crippen molar-refractivity contribution in [3.63, 3.8) is 0 Å². The zero-order chi connectivity index (χ0) is 46.3. The molecule has 0 aliphatic heterocycles. The predicted octanol–water partition coefficient (Wildman–Crippen LogP) is 18.5. The first kappa shape index (κ1) is 61.1. The molecule has 0 aliphatic carbocycles. The molecule has 0 aromatic rings. The summed E-state index contributed by atoms with van der Waals surface area (Å²) in [7, 11) is 0. The van der Waals surface area contributed by atoms with Crippen molar-refractivity contribution in [3.05, 3.63) is 85.1 Å². The standard InChI is InChI=1S/C59H102O5/c1-4-7-10-13-16-19-22-25-27-29-30-32-33-35-37-40-43-46-49-52-58(60)63-56-57(55-62-54-51-48-45-42-39-24-21-18-15-12-9-6-3)64-59(61)53-50-47-44-41-38-36-34-31-28-26-23-20-17-14-11-8-5-2/h7-8,10-11,16-17,19-20,25-28,30,32,57H,4-6,9,12-15,18,21-24,29,31,33-56H2,1-3H3/b10-7-,11-8-,19-16-,20-17-,27-25-,28-26-,32-30-. The van der Waals surface area contributed by atoms with Gasteiger partial charge in [0.25, 0.3) is 0 Å². The van der Waals surface area contributed by atoms with Crippen LogP contribution in [0.1, 0.15) is 252 Å². The van der Waals surface area contributed by atoms with Crippen molar-refractivity contribution in [1.29, 1.82) is 0 Å². The lowest BCUT2D eigenvalue weighted by molar-refractivity contribution is -0.163. The average molecular weight is 891 g/mol. The van der Waals surface area contributed by atoms with E-state index >= 15 is 0 Å². The van der Waals surface area contributed by atoms with E-state index in [1.807, 2.05) is 0 Å². The fraction of sp³-hybridized carbons (Fsp3) is 0.729. The molecule has 64 heavy (non-hydrogen) atoms. The Morgan fingerprint density at radius 1 is 0.359 bits per heavy atom. The van der Waals surface area contributed by atoms with E-state index in [0.29, 0.717) is 19.4 Å². The molecule has 1 unspecified atom stereocenters. The number of unbranched alkanes of at least 4 members (excludes halogenated alkanes) is 24. The highest BCUT2D eigenvalue weighted by molar-refractivity contribution is 5.70. The molecule has 0 radical (unpaired) electrons. The molecule has 0 aromatic heterocycles. The van der Waals surface area contributed by atoms with Crippen molar-refractivity contribution in [3.8, 4) is 0 Å². The summed E-state index contributed by atoms with van der Waals surface area (Å²) in [5.41, 5.74) is 0. The summed E-state index contributed by atoms with van der Waals surface area (Å²) >= 11 is 0. The van der Waals surface area contributed by atoms with Crippen molar-refractivity contribution >= 4 is 11.9 Å². The molecule has 0 rings (SSSR count). The Balaban J connectivity index is 4.29. The molecule has 0 spiro atoms. The molecule has 0 aliphatic rings. The van der Waals surface area contributed by atoms with Gasteiger partial charge in [0.2, 0.25) is 0 Å². The number of esters is 2. The minimum atomic E-state index is -0.549. The molecule has 368 valence electrons. The minimum absolute atomic E-state index is 0.0723. The molecular formula is C59H102O5. The molecule has 0 N–H and O–H groups in total. The van der Waals surface area contributed by atoms with Crippen LogP contribution in [0.2, 0.25) is 0 Å². The molecule has 0 heterocycles. The van der Waals surface area contributed by atoms with Gasteiger partial charge in [0.1, 0.15) is 6.61 Å². The van der Waals surface area contributed by atoms with Crippen molar-refractivity contribution < 1.29 is 23.8 Å². The van der Waals surface area contributed by atoms with E-state index in [1.165, 1.54) is 109 Å². The van der Waals surface area contributed by atoms with Gasteiger partial charge in [-0.3, -0.25) is 9.59 Å². The molecule has 0 aromatic carbocycles. The summed E-state index contributed by atoms with van der Waals surface area (Å²) in [5.74, 6) is -0.420. The Hall–Kier alpha value is -2.92. The van der Waals surface area contributed by atoms with Crippen molar-refractivity contribution in [2.75, 3.05) is 19.8 Å². The van der Waals surface area contributed by atoms with Gasteiger partial charge in [0, 0.05) is 19.4 Å². The largest absolute Gasteiger partial charge is 0.462 e. The lowest BCUT2D eigenvalue weighted by atomic mass is 10.1. The molecule has 0 bridgehead atoms. The third kappa shape index (κ3) is 51.7. The van der Waals surface area contributed by atoms with E-state index in [1.54, 1.807) is 0 Å². The van der Waals surface area contributed by atoms with Gasteiger partial charge in [-0.15, -0.1) is 0 Å². The van der Waals surface area contributed by atoms with Gasteiger partial charge >= 0.3 is 11.9 Å². The van der Waals surface area contributed by atoms with Crippen LogP contribution in [0.4, 0.5) is 0 Å². The predicted molar refractivity (Wildman–Crippen MR) is 279 cm³/mol. The van der Waals surface area contributed by atoms with E-state index in [-0.39, 0.29) is 25.2 Å². The van der Waals surface area contributed by atoms with Gasteiger partial charge in [-0.25, -0.2) is 0 Å². The normalized spacial score (nSPS) is 12.9. The molecule has 0 saturated carbocycles. The number of carbonyl (C=O) groups is 2. The monoisotopic (exact) mass is 891 g/mol. The molecule has 0 saturated heterocycles. The first-order valence-corrected chi connectivity index (χ1v) is 27.1. The van der Waals surface area contributed by atoms with Gasteiger partial charge < -0.3 is 14.2 Å². The number of hydrogen-bond donors (Lipinski definition) is 0. The summed E-state index contributed by atoms with van der Waals surface area (Å²) in [4.78, 5) is 25.5. The molecule has 5 nitrogen and oxygen atoms in total. The summed E-state index contributed by atoms with van der Waals surface area (Å²) in [5, 5.41) is 0. The van der Waals surface area contributed by atoms with E-state index in [0.717, 1.165) is 109 Å². The van der Waals surface area contributed by atoms with Crippen LogP contribution >= 0.6 is 0 Å². The van der Waals surface area contributed by atoms with Crippen LogP contribution in [0, 0.1) is 0 Å². The highest BCUT2D eigenvalue weighted by atomic mass is 16.6. The number of allylic oxidation sites excluding steroid dienone is 14. The number of hydrogen-bond acceptors (Lipinski definition) is 5. The van der Waals surface area contributed by atoms with E-state index in [9.17, 15) is 9.59 Å². The number of ether oxygens (including phenoxy) is 3. The van der Waals surface area contributed by atoms with Crippen LogP contribution < -0.4 is 0 Å². The summed E-state index contributed by atoms with van der Waals surface area (Å²) in [6, 6.07) is 0. The van der Waals surface area contributed by atoms with E-state index < -0.39 is 6.10 Å². The maximum absolute atomic E-state index is 12.8. The van der Waals surface area contributed by atoms with Crippen molar-refractivity contribution in [2.24, 2.45) is 0 Å². The highest BCUT2D eigenvalue weighted by Gasteiger charge is 2.17. The Kier molecular flexibility index (Phi) is 51.9. The maximum Gasteiger partial charge on any atom is 0.306 e. The molecule has 0 fully saturated rings. The van der Waals surface area contributed by atoms with Crippen LogP contribution in [0.15, 0.2) is 85.1 Å². The Bertz CT molecular complexity index is 1190. The lowest BCUT2D eigenvalue weighted by Gasteiger charge is -2.18. The Morgan fingerprint density at radius 2 is 0.703 bits per heavy atom. The van der Waals surface area contributed by atoms with Crippen LogP contribution in [0.25, 0.3) is 0 Å². The molecule has 0 amide bonds. The third-order valence-corrected chi connectivity index (χ3v) is 11.4. The smallest absolute Gasteiger partial charge is 0.306 e.